The van der Waals surface area contributed by atoms with Crippen molar-refractivity contribution in [1.82, 2.24) is 4.98 Å². The van der Waals surface area contributed by atoms with Crippen LogP contribution in [0.15, 0.2) is 18.2 Å². The summed E-state index contributed by atoms with van der Waals surface area (Å²) in [6, 6.07) is 6.41. The normalized spacial score (nSPS) is 18.3. The van der Waals surface area contributed by atoms with E-state index in [1.807, 2.05) is 0 Å². The van der Waals surface area contributed by atoms with E-state index in [0.29, 0.717) is 0 Å². The summed E-state index contributed by atoms with van der Waals surface area (Å²) in [6.07, 6.45) is 3.30. The minimum Gasteiger partial charge on any atom is -0.325 e. The molecule has 0 radical (unpaired) electrons. The molecule has 15 heavy (non-hydrogen) atoms. The second-order valence-corrected chi connectivity index (χ2v) is 5.77. The Balaban J connectivity index is 2.08. The van der Waals surface area contributed by atoms with Crippen LogP contribution in [0.5, 0.6) is 0 Å². The molecule has 0 bridgehead atoms. The van der Waals surface area contributed by atoms with E-state index >= 15 is 0 Å². The quantitative estimate of drug-likeness (QED) is 0.841. The van der Waals surface area contributed by atoms with Gasteiger partial charge in [-0.2, -0.15) is 0 Å². The molecule has 1 aromatic carbocycles. The first-order valence-corrected chi connectivity index (χ1v) is 6.12. The van der Waals surface area contributed by atoms with E-state index in [9.17, 15) is 0 Å². The molecule has 2 nitrogen and oxygen atoms in total. The molecule has 0 spiro atoms. The highest BCUT2D eigenvalue weighted by atomic mass is 32.1. The smallest absolute Gasteiger partial charge is 0.0907 e. The second kappa shape index (κ2) is 3.03. The van der Waals surface area contributed by atoms with Gasteiger partial charge >= 0.3 is 0 Å². The molecule has 0 amide bonds. The van der Waals surface area contributed by atoms with Crippen molar-refractivity contribution in [3.63, 3.8) is 0 Å². The molecule has 1 aliphatic carbocycles. The largest absolute Gasteiger partial charge is 0.325 e. The van der Waals surface area contributed by atoms with Gasteiger partial charge in [0.05, 0.1) is 15.2 Å². The molecular formula is C12H14N2S. The predicted molar refractivity (Wildman–Crippen MR) is 64.2 cm³/mol. The molecule has 1 heterocycles. The van der Waals surface area contributed by atoms with E-state index in [1.54, 1.807) is 11.3 Å². The predicted octanol–water partition coefficient (Wildman–Crippen LogP) is 2.64. The highest BCUT2D eigenvalue weighted by molar-refractivity contribution is 7.18. The van der Waals surface area contributed by atoms with E-state index in [-0.39, 0.29) is 5.54 Å². The van der Waals surface area contributed by atoms with Crippen LogP contribution in [0.2, 0.25) is 0 Å². The van der Waals surface area contributed by atoms with Gasteiger partial charge in [-0.3, -0.25) is 0 Å². The Morgan fingerprint density at radius 2 is 2.27 bits per heavy atom. The number of aryl methyl sites for hydroxylation is 1. The van der Waals surface area contributed by atoms with Crippen LogP contribution >= 0.6 is 11.3 Å². The van der Waals surface area contributed by atoms with E-state index in [1.165, 1.54) is 10.3 Å². The Hall–Kier alpha value is -0.930. The maximum Gasteiger partial charge on any atom is 0.0907 e. The number of thiazole rings is 1. The van der Waals surface area contributed by atoms with E-state index < -0.39 is 0 Å². The summed E-state index contributed by atoms with van der Waals surface area (Å²) in [7, 11) is 0. The number of aromatic nitrogens is 1. The summed E-state index contributed by atoms with van der Waals surface area (Å²) in [5.74, 6) is 0. The van der Waals surface area contributed by atoms with Gasteiger partial charge in [0.25, 0.3) is 0 Å². The van der Waals surface area contributed by atoms with Crippen molar-refractivity contribution in [2.24, 2.45) is 5.73 Å². The van der Waals surface area contributed by atoms with Gasteiger partial charge in [0.2, 0.25) is 0 Å². The summed E-state index contributed by atoms with van der Waals surface area (Å²) in [6.45, 7) is 2.06. The molecule has 1 saturated carbocycles. The summed E-state index contributed by atoms with van der Waals surface area (Å²) in [5, 5.41) is 1.14. The van der Waals surface area contributed by atoms with Crippen LogP contribution in [0, 0.1) is 6.92 Å². The molecule has 2 N–H and O–H groups in total. The number of hydrogen-bond donors (Lipinski definition) is 1. The van der Waals surface area contributed by atoms with Gasteiger partial charge in [-0.1, -0.05) is 12.1 Å². The molecule has 0 atom stereocenters. The molecule has 1 aliphatic rings. The molecule has 0 aliphatic heterocycles. The van der Waals surface area contributed by atoms with Crippen molar-refractivity contribution < 1.29 is 0 Å². The number of nitrogens with two attached hydrogens (primary N) is 1. The summed E-state index contributed by atoms with van der Waals surface area (Å²) < 4.78 is 1.29. The molecule has 78 valence electrons. The summed E-state index contributed by atoms with van der Waals surface area (Å²) in [5.41, 5.74) is 8.71. The lowest BCUT2D eigenvalue weighted by molar-refractivity contribution is 0.674. The number of nitrogens with zero attached hydrogens (tertiary/aromatic N) is 1. The van der Waals surface area contributed by atoms with Gasteiger partial charge < -0.3 is 5.73 Å². The zero-order valence-corrected chi connectivity index (χ0v) is 9.60. The molecule has 1 fully saturated rings. The lowest BCUT2D eigenvalue weighted by atomic mass is 10.0. The Morgan fingerprint density at radius 3 is 3.00 bits per heavy atom. The molecule has 1 aromatic heterocycles. The zero-order valence-electron chi connectivity index (χ0n) is 8.79. The average Bonchev–Trinajstić information content (AvgIpc) is 2.76. The van der Waals surface area contributed by atoms with Gasteiger partial charge in [-0.25, -0.2) is 4.98 Å². The van der Waals surface area contributed by atoms with Crippen LogP contribution in [0.3, 0.4) is 0 Å². The van der Waals surface area contributed by atoms with Crippen LogP contribution in [0.25, 0.3) is 10.2 Å². The van der Waals surface area contributed by atoms with Crippen molar-refractivity contribution in [2.75, 3.05) is 0 Å². The summed E-state index contributed by atoms with van der Waals surface area (Å²) in [4.78, 5) is 4.59. The summed E-state index contributed by atoms with van der Waals surface area (Å²) >= 11 is 1.76. The fraction of sp³-hybridized carbons (Fsp3) is 0.417. The molecule has 2 aromatic rings. The number of para-hydroxylation sites is 1. The lowest BCUT2D eigenvalue weighted by Gasteiger charge is -2.08. The topological polar surface area (TPSA) is 38.9 Å². The van der Waals surface area contributed by atoms with Gasteiger partial charge in [0, 0.05) is 5.54 Å². The van der Waals surface area contributed by atoms with E-state index in [4.69, 9.17) is 5.73 Å². The van der Waals surface area contributed by atoms with Crippen LogP contribution in [-0.2, 0) is 6.42 Å². The monoisotopic (exact) mass is 218 g/mol. The van der Waals surface area contributed by atoms with E-state index in [2.05, 4.69) is 30.1 Å². The highest BCUT2D eigenvalue weighted by Gasteiger charge is 2.38. The molecular weight excluding hydrogens is 204 g/mol. The maximum absolute atomic E-state index is 6.15. The zero-order chi connectivity index (χ0) is 10.5. The average molecular weight is 218 g/mol. The number of hydrogen-bond acceptors (Lipinski definition) is 3. The Morgan fingerprint density at radius 1 is 1.47 bits per heavy atom. The Kier molecular flexibility index (Phi) is 1.88. The Bertz CT molecular complexity index is 511. The third-order valence-corrected chi connectivity index (χ3v) is 3.98. The number of benzene rings is 1. The molecule has 0 unspecified atom stereocenters. The van der Waals surface area contributed by atoms with Crippen molar-refractivity contribution in [3.05, 3.63) is 28.8 Å². The lowest BCUT2D eigenvalue weighted by Crippen LogP contribution is -2.24. The molecule has 0 saturated heterocycles. The minimum absolute atomic E-state index is 0.0752. The highest BCUT2D eigenvalue weighted by Crippen LogP contribution is 2.37. The third kappa shape index (κ3) is 1.66. The van der Waals surface area contributed by atoms with Gasteiger partial charge in [0.15, 0.2) is 0 Å². The van der Waals surface area contributed by atoms with Gasteiger partial charge in [-0.05, 0) is 37.8 Å². The molecule has 3 rings (SSSR count). The van der Waals surface area contributed by atoms with Crippen LogP contribution in [-0.4, -0.2) is 10.5 Å². The fourth-order valence-corrected chi connectivity index (χ4v) is 2.85. The first-order valence-electron chi connectivity index (χ1n) is 5.30. The second-order valence-electron chi connectivity index (χ2n) is 4.54. The van der Waals surface area contributed by atoms with Crippen LogP contribution in [0.4, 0.5) is 0 Å². The number of fused-ring (bicyclic) bond motifs is 1. The fourth-order valence-electron chi connectivity index (χ4n) is 1.98. The Labute approximate surface area is 93.1 Å². The van der Waals surface area contributed by atoms with Crippen molar-refractivity contribution in [2.45, 2.75) is 31.7 Å². The first kappa shape index (κ1) is 9.31. The van der Waals surface area contributed by atoms with Crippen molar-refractivity contribution in [1.29, 1.82) is 0 Å². The first-order chi connectivity index (χ1) is 7.16. The SMILES string of the molecule is Cc1nc2c(CC3(N)CC3)cccc2s1. The number of rotatable bonds is 2. The van der Waals surface area contributed by atoms with Crippen molar-refractivity contribution in [3.8, 4) is 0 Å². The maximum atomic E-state index is 6.15. The molecule has 3 heteroatoms. The third-order valence-electron chi connectivity index (χ3n) is 3.04. The van der Waals surface area contributed by atoms with Crippen LogP contribution in [0.1, 0.15) is 23.4 Å². The van der Waals surface area contributed by atoms with Crippen LogP contribution < -0.4 is 5.73 Å². The van der Waals surface area contributed by atoms with Crippen molar-refractivity contribution >= 4 is 21.6 Å². The van der Waals surface area contributed by atoms with Gasteiger partial charge in [0.1, 0.15) is 0 Å². The minimum atomic E-state index is 0.0752. The standard InChI is InChI=1S/C12H14N2S/c1-8-14-11-9(7-12(13)5-6-12)3-2-4-10(11)15-8/h2-4H,5-7,13H2,1H3. The van der Waals surface area contributed by atoms with Gasteiger partial charge in [-0.15, -0.1) is 11.3 Å². The van der Waals surface area contributed by atoms with E-state index in [0.717, 1.165) is 29.8 Å².